The Bertz CT molecular complexity index is 895. The molecule has 0 saturated carbocycles. The summed E-state index contributed by atoms with van der Waals surface area (Å²) < 4.78 is 22.8. The van der Waals surface area contributed by atoms with Crippen molar-refractivity contribution >= 4 is 5.97 Å². The molecule has 0 aromatic heterocycles. The van der Waals surface area contributed by atoms with Crippen LogP contribution >= 0.6 is 0 Å². The largest absolute Gasteiger partial charge is 0.457 e. The lowest BCUT2D eigenvalue weighted by Gasteiger charge is -2.39. The summed E-state index contributed by atoms with van der Waals surface area (Å²) in [6.45, 7) is 4.54. The quantitative estimate of drug-likeness (QED) is 0.0273. The minimum Gasteiger partial charge on any atom is -0.457 e. The topological polar surface area (TPSA) is 135 Å². The van der Waals surface area contributed by atoms with Crippen molar-refractivity contribution in [3.05, 3.63) is 24.3 Å². The van der Waals surface area contributed by atoms with E-state index < -0.39 is 43.4 Å². The molecule has 0 aromatic rings. The third-order valence-electron chi connectivity index (χ3n) is 10.6. The first-order valence-electron chi connectivity index (χ1n) is 22.9. The molecule has 1 aliphatic heterocycles. The first-order valence-corrected chi connectivity index (χ1v) is 22.9. The molecule has 6 atom stereocenters. The zero-order valence-electron chi connectivity index (χ0n) is 35.4. The van der Waals surface area contributed by atoms with Crippen molar-refractivity contribution in [2.75, 3.05) is 26.4 Å². The molecule has 1 rings (SSSR count). The Morgan fingerprint density at radius 1 is 0.582 bits per heavy atom. The van der Waals surface area contributed by atoms with Crippen LogP contribution in [0.2, 0.25) is 0 Å². The molecule has 0 spiro atoms. The Labute approximate surface area is 337 Å². The maximum Gasteiger partial charge on any atom is 0.306 e. The van der Waals surface area contributed by atoms with E-state index in [0.717, 1.165) is 51.4 Å². The molecule has 0 bridgehead atoms. The smallest absolute Gasteiger partial charge is 0.306 e. The van der Waals surface area contributed by atoms with Crippen molar-refractivity contribution in [1.29, 1.82) is 0 Å². The van der Waals surface area contributed by atoms with Crippen LogP contribution in [0.25, 0.3) is 0 Å². The molecule has 1 aliphatic rings. The summed E-state index contributed by atoms with van der Waals surface area (Å²) in [6, 6.07) is 0. The average molecular weight is 783 g/mol. The molecule has 324 valence electrons. The highest BCUT2D eigenvalue weighted by molar-refractivity contribution is 5.69. The fraction of sp³-hybridized carbons (Fsp3) is 0.891. The number of esters is 1. The number of carbonyl (C=O) groups is 1. The summed E-state index contributed by atoms with van der Waals surface area (Å²) in [5, 5.41) is 40.1. The number of unbranched alkanes of at least 4 members (excludes halogenated alkanes) is 24. The first kappa shape index (κ1) is 51.7. The van der Waals surface area contributed by atoms with E-state index in [9.17, 15) is 25.2 Å². The Balaban J connectivity index is 2.26. The van der Waals surface area contributed by atoms with Gasteiger partial charge in [-0.05, 0) is 44.9 Å². The monoisotopic (exact) mass is 783 g/mol. The van der Waals surface area contributed by atoms with Gasteiger partial charge in [0.25, 0.3) is 0 Å². The van der Waals surface area contributed by atoms with Crippen molar-refractivity contribution in [2.45, 2.75) is 237 Å². The van der Waals surface area contributed by atoms with E-state index in [0.29, 0.717) is 13.0 Å². The second-order valence-electron chi connectivity index (χ2n) is 15.9. The van der Waals surface area contributed by atoms with Crippen LogP contribution in [0, 0.1) is 0 Å². The third-order valence-corrected chi connectivity index (χ3v) is 10.6. The Hall–Kier alpha value is -1.33. The van der Waals surface area contributed by atoms with Crippen LogP contribution in [0.3, 0.4) is 0 Å². The maximum absolute atomic E-state index is 12.8. The van der Waals surface area contributed by atoms with Gasteiger partial charge in [-0.1, -0.05) is 173 Å². The molecule has 55 heavy (non-hydrogen) atoms. The molecular formula is C46H86O9. The normalized spacial score (nSPS) is 20.9. The molecule has 9 nitrogen and oxygen atoms in total. The average Bonchev–Trinajstić information content (AvgIpc) is 3.18. The number of allylic oxidation sites excluding steroid dienone is 4. The molecule has 1 saturated heterocycles. The van der Waals surface area contributed by atoms with Gasteiger partial charge in [0.05, 0.1) is 19.8 Å². The maximum atomic E-state index is 12.8. The van der Waals surface area contributed by atoms with Gasteiger partial charge in [-0.15, -0.1) is 0 Å². The van der Waals surface area contributed by atoms with Gasteiger partial charge >= 0.3 is 5.97 Å². The van der Waals surface area contributed by atoms with Crippen molar-refractivity contribution in [2.24, 2.45) is 0 Å². The number of hydrogen-bond acceptors (Lipinski definition) is 9. The predicted molar refractivity (Wildman–Crippen MR) is 224 cm³/mol. The highest BCUT2D eigenvalue weighted by atomic mass is 16.7. The highest BCUT2D eigenvalue weighted by Crippen LogP contribution is 2.22. The van der Waals surface area contributed by atoms with Crippen molar-refractivity contribution < 1.29 is 44.2 Å². The molecule has 1 heterocycles. The molecule has 0 aromatic carbocycles. The van der Waals surface area contributed by atoms with Gasteiger partial charge in [-0.3, -0.25) is 4.79 Å². The van der Waals surface area contributed by atoms with Gasteiger partial charge in [0.15, 0.2) is 6.29 Å². The minimum atomic E-state index is -1.54. The summed E-state index contributed by atoms with van der Waals surface area (Å²) in [5.74, 6) is -0.315. The SMILES string of the molecule is CCCCCC/C=C\C/C=C\CCCCCCCCOCC(COC1OC(CO)C(O)C(O)C1O)OC(=O)CCCCCCCCCCCCCCCCC. The second-order valence-corrected chi connectivity index (χ2v) is 15.9. The molecule has 4 N–H and O–H groups in total. The zero-order valence-corrected chi connectivity index (χ0v) is 35.4. The lowest BCUT2D eigenvalue weighted by molar-refractivity contribution is -0.305. The van der Waals surface area contributed by atoms with Crippen molar-refractivity contribution in [3.63, 3.8) is 0 Å². The summed E-state index contributed by atoms with van der Waals surface area (Å²) in [4.78, 5) is 12.8. The summed E-state index contributed by atoms with van der Waals surface area (Å²) in [6.07, 6.45) is 36.3. The van der Waals surface area contributed by atoms with Crippen LogP contribution in [0.1, 0.15) is 200 Å². The van der Waals surface area contributed by atoms with Gasteiger partial charge in [0.1, 0.15) is 30.5 Å². The fourth-order valence-electron chi connectivity index (χ4n) is 6.99. The lowest BCUT2D eigenvalue weighted by atomic mass is 9.99. The van der Waals surface area contributed by atoms with Crippen LogP contribution in [0.5, 0.6) is 0 Å². The van der Waals surface area contributed by atoms with Crippen molar-refractivity contribution in [3.8, 4) is 0 Å². The van der Waals surface area contributed by atoms with E-state index in [2.05, 4.69) is 38.2 Å². The van der Waals surface area contributed by atoms with Gasteiger partial charge in [-0.25, -0.2) is 0 Å². The number of aliphatic hydroxyl groups excluding tert-OH is 4. The first-order chi connectivity index (χ1) is 26.9. The van der Waals surface area contributed by atoms with E-state index in [1.165, 1.54) is 128 Å². The number of aliphatic hydroxyl groups is 4. The number of rotatable bonds is 39. The third kappa shape index (κ3) is 29.5. The lowest BCUT2D eigenvalue weighted by Crippen LogP contribution is -2.59. The standard InChI is InChI=1S/C46H86O9/c1-3-5-7-9-11-13-15-17-19-20-22-24-26-28-30-32-34-36-52-38-40(39-53-46-45(51)44(50)43(49)41(37-47)55-46)54-42(48)35-33-31-29-27-25-23-21-18-16-14-12-10-8-6-4-2/h13,15,19-20,40-41,43-47,49-51H,3-12,14,16-18,21-39H2,1-2H3/b15-13-,20-19-. The van der Waals surface area contributed by atoms with Crippen LogP contribution in [0.4, 0.5) is 0 Å². The second kappa shape index (κ2) is 38.2. The molecule has 6 unspecified atom stereocenters. The van der Waals surface area contributed by atoms with Gasteiger partial charge in [0.2, 0.25) is 0 Å². The number of carbonyl (C=O) groups excluding carboxylic acids is 1. The van der Waals surface area contributed by atoms with E-state index in [1.807, 2.05) is 0 Å². The summed E-state index contributed by atoms with van der Waals surface area (Å²) >= 11 is 0. The molecule has 0 amide bonds. The Morgan fingerprint density at radius 2 is 1.05 bits per heavy atom. The summed E-state index contributed by atoms with van der Waals surface area (Å²) in [7, 11) is 0. The molecule has 0 radical (unpaired) electrons. The van der Waals surface area contributed by atoms with Gasteiger partial charge in [-0.2, -0.15) is 0 Å². The molecule has 1 fully saturated rings. The molecular weight excluding hydrogens is 696 g/mol. The van der Waals surface area contributed by atoms with Crippen LogP contribution in [0.15, 0.2) is 24.3 Å². The van der Waals surface area contributed by atoms with E-state index in [-0.39, 0.29) is 19.2 Å². The van der Waals surface area contributed by atoms with Crippen LogP contribution in [-0.2, 0) is 23.7 Å². The predicted octanol–water partition coefficient (Wildman–Crippen LogP) is 10.2. The fourth-order valence-corrected chi connectivity index (χ4v) is 6.99. The minimum absolute atomic E-state index is 0.114. The Morgan fingerprint density at radius 3 is 1.58 bits per heavy atom. The number of ether oxygens (including phenoxy) is 4. The van der Waals surface area contributed by atoms with E-state index in [4.69, 9.17) is 18.9 Å². The Kier molecular flexibility index (Phi) is 35.9. The van der Waals surface area contributed by atoms with Gasteiger partial charge < -0.3 is 39.4 Å². The number of hydrogen-bond donors (Lipinski definition) is 4. The zero-order chi connectivity index (χ0) is 40.0. The van der Waals surface area contributed by atoms with E-state index >= 15 is 0 Å². The van der Waals surface area contributed by atoms with Crippen LogP contribution < -0.4 is 0 Å². The molecule has 9 heteroatoms. The van der Waals surface area contributed by atoms with Gasteiger partial charge in [0, 0.05) is 13.0 Å². The summed E-state index contributed by atoms with van der Waals surface area (Å²) in [5.41, 5.74) is 0. The van der Waals surface area contributed by atoms with E-state index in [1.54, 1.807) is 0 Å². The van der Waals surface area contributed by atoms with Crippen molar-refractivity contribution in [1.82, 2.24) is 0 Å². The van der Waals surface area contributed by atoms with Crippen LogP contribution in [-0.4, -0.2) is 89.6 Å². The highest BCUT2D eigenvalue weighted by Gasteiger charge is 2.44. The molecule has 0 aliphatic carbocycles.